The topological polar surface area (TPSA) is 110 Å². The van der Waals surface area contributed by atoms with E-state index in [1.807, 2.05) is 0 Å². The molecule has 0 bridgehead atoms. The summed E-state index contributed by atoms with van der Waals surface area (Å²) in [4.78, 5) is 22.9. The van der Waals surface area contributed by atoms with Gasteiger partial charge in [-0.05, 0) is 51.1 Å². The maximum atomic E-state index is 12.4. The van der Waals surface area contributed by atoms with E-state index in [0.717, 1.165) is 0 Å². The number of anilines is 1. The van der Waals surface area contributed by atoms with Crippen molar-refractivity contribution in [3.8, 4) is 0 Å². The van der Waals surface area contributed by atoms with E-state index in [0.29, 0.717) is 11.3 Å². The van der Waals surface area contributed by atoms with E-state index >= 15 is 0 Å². The highest BCUT2D eigenvalue weighted by molar-refractivity contribution is 7.89. The van der Waals surface area contributed by atoms with Gasteiger partial charge in [-0.2, -0.15) is 4.31 Å². The molecule has 2 aromatic carbocycles. The summed E-state index contributed by atoms with van der Waals surface area (Å²) >= 11 is 0. The number of hydrogen-bond donors (Lipinski definition) is 1. The van der Waals surface area contributed by atoms with Crippen LogP contribution in [0.5, 0.6) is 0 Å². The van der Waals surface area contributed by atoms with Gasteiger partial charge in [0.2, 0.25) is 10.0 Å². The minimum absolute atomic E-state index is 0.114. The molecule has 2 aromatic rings. The maximum Gasteiger partial charge on any atom is 0.273 e. The molecule has 0 aromatic heterocycles. The maximum absolute atomic E-state index is 12.4. The standard InChI is InChI=1S/C18H21N3O5S/c1-12(2)20(4)27(25,26)16-9-7-15(8-10-16)19-18(22)14-6-5-13(3)17(11-14)21(23)24/h5-12H,1-4H3,(H,19,22). The zero-order valence-corrected chi connectivity index (χ0v) is 16.3. The van der Waals surface area contributed by atoms with Gasteiger partial charge >= 0.3 is 0 Å². The summed E-state index contributed by atoms with van der Waals surface area (Å²) in [7, 11) is -2.11. The number of rotatable bonds is 6. The number of carbonyl (C=O) groups is 1. The summed E-state index contributed by atoms with van der Waals surface area (Å²) in [6, 6.07) is 9.78. The minimum atomic E-state index is -3.61. The van der Waals surface area contributed by atoms with Gasteiger partial charge in [-0.1, -0.05) is 6.07 Å². The van der Waals surface area contributed by atoms with Crippen LogP contribution in [0.25, 0.3) is 0 Å². The number of nitrogens with one attached hydrogen (secondary N) is 1. The lowest BCUT2D eigenvalue weighted by Gasteiger charge is -2.21. The Morgan fingerprint density at radius 1 is 1.15 bits per heavy atom. The van der Waals surface area contributed by atoms with Crippen LogP contribution in [-0.2, 0) is 10.0 Å². The average molecular weight is 391 g/mol. The lowest BCUT2D eigenvalue weighted by atomic mass is 10.1. The smallest absolute Gasteiger partial charge is 0.273 e. The molecule has 0 heterocycles. The molecular formula is C18H21N3O5S. The molecule has 1 amide bonds. The summed E-state index contributed by atoms with van der Waals surface area (Å²) in [5.74, 6) is -0.520. The normalized spacial score (nSPS) is 11.6. The fraction of sp³-hybridized carbons (Fsp3) is 0.278. The van der Waals surface area contributed by atoms with Gasteiger partial charge in [-0.3, -0.25) is 14.9 Å². The Morgan fingerprint density at radius 3 is 2.26 bits per heavy atom. The third-order valence-electron chi connectivity index (χ3n) is 4.18. The Balaban J connectivity index is 2.21. The molecule has 8 nitrogen and oxygen atoms in total. The molecule has 27 heavy (non-hydrogen) atoms. The van der Waals surface area contributed by atoms with Crippen molar-refractivity contribution in [1.82, 2.24) is 4.31 Å². The third-order valence-corrected chi connectivity index (χ3v) is 6.23. The Kier molecular flexibility index (Phi) is 5.97. The van der Waals surface area contributed by atoms with E-state index in [1.165, 1.54) is 53.8 Å². The number of amides is 1. The largest absolute Gasteiger partial charge is 0.322 e. The molecule has 0 saturated carbocycles. The zero-order chi connectivity index (χ0) is 20.4. The molecule has 0 radical (unpaired) electrons. The van der Waals surface area contributed by atoms with Crippen LogP contribution in [0.1, 0.15) is 29.8 Å². The Morgan fingerprint density at radius 2 is 1.74 bits per heavy atom. The van der Waals surface area contributed by atoms with Gasteiger partial charge in [0, 0.05) is 36.0 Å². The highest BCUT2D eigenvalue weighted by Gasteiger charge is 2.23. The Bertz CT molecular complexity index is 969. The number of nitrogens with zero attached hydrogens (tertiary/aromatic N) is 2. The van der Waals surface area contributed by atoms with E-state index in [2.05, 4.69) is 5.32 Å². The van der Waals surface area contributed by atoms with E-state index in [-0.39, 0.29) is 22.2 Å². The van der Waals surface area contributed by atoms with Crippen molar-refractivity contribution in [2.24, 2.45) is 0 Å². The molecule has 1 N–H and O–H groups in total. The van der Waals surface area contributed by atoms with Crippen molar-refractivity contribution in [2.75, 3.05) is 12.4 Å². The molecule has 0 aliphatic heterocycles. The van der Waals surface area contributed by atoms with Crippen molar-refractivity contribution < 1.29 is 18.1 Å². The quantitative estimate of drug-likeness (QED) is 0.601. The number of hydrogen-bond acceptors (Lipinski definition) is 5. The van der Waals surface area contributed by atoms with Crippen molar-refractivity contribution in [2.45, 2.75) is 31.7 Å². The average Bonchev–Trinajstić information content (AvgIpc) is 2.61. The second-order valence-electron chi connectivity index (χ2n) is 6.35. The van der Waals surface area contributed by atoms with Gasteiger partial charge in [0.05, 0.1) is 9.82 Å². The fourth-order valence-electron chi connectivity index (χ4n) is 2.30. The summed E-state index contributed by atoms with van der Waals surface area (Å²) < 4.78 is 26.1. The van der Waals surface area contributed by atoms with Gasteiger partial charge in [-0.15, -0.1) is 0 Å². The number of aryl methyl sites for hydroxylation is 1. The zero-order valence-electron chi connectivity index (χ0n) is 15.5. The SMILES string of the molecule is Cc1ccc(C(=O)Nc2ccc(S(=O)(=O)N(C)C(C)C)cc2)cc1[N+](=O)[O-]. The summed E-state index contributed by atoms with van der Waals surface area (Å²) in [6.45, 7) is 5.13. The third kappa shape index (κ3) is 4.50. The number of nitro groups is 1. The van der Waals surface area contributed by atoms with E-state index in [9.17, 15) is 23.3 Å². The van der Waals surface area contributed by atoms with Crippen LogP contribution in [0, 0.1) is 17.0 Å². The van der Waals surface area contributed by atoms with Crippen LogP contribution in [-0.4, -0.2) is 36.6 Å². The lowest BCUT2D eigenvalue weighted by molar-refractivity contribution is -0.385. The van der Waals surface area contributed by atoms with Crippen LogP contribution in [0.2, 0.25) is 0 Å². The molecule has 0 unspecified atom stereocenters. The molecule has 0 aliphatic rings. The summed E-state index contributed by atoms with van der Waals surface area (Å²) in [6.07, 6.45) is 0. The number of benzene rings is 2. The van der Waals surface area contributed by atoms with Crippen molar-refractivity contribution >= 4 is 27.3 Å². The first-order chi connectivity index (χ1) is 12.5. The molecule has 0 aliphatic carbocycles. The highest BCUT2D eigenvalue weighted by atomic mass is 32.2. The molecule has 144 valence electrons. The predicted octanol–water partition coefficient (Wildman–Crippen LogP) is 3.18. The summed E-state index contributed by atoms with van der Waals surface area (Å²) in [5, 5.41) is 13.6. The van der Waals surface area contributed by atoms with Gasteiger partial charge in [0.25, 0.3) is 11.6 Å². The number of nitro benzene ring substituents is 1. The number of sulfonamides is 1. The molecule has 9 heteroatoms. The van der Waals surface area contributed by atoms with Gasteiger partial charge in [0.1, 0.15) is 0 Å². The first-order valence-corrected chi connectivity index (χ1v) is 9.62. The van der Waals surface area contributed by atoms with E-state index in [4.69, 9.17) is 0 Å². The number of carbonyl (C=O) groups excluding carboxylic acids is 1. The van der Waals surface area contributed by atoms with Crippen LogP contribution in [0.15, 0.2) is 47.4 Å². The van der Waals surface area contributed by atoms with Gasteiger partial charge in [0.15, 0.2) is 0 Å². The monoisotopic (exact) mass is 391 g/mol. The fourth-order valence-corrected chi connectivity index (χ4v) is 3.67. The van der Waals surface area contributed by atoms with Crippen LogP contribution < -0.4 is 5.32 Å². The predicted molar refractivity (Wildman–Crippen MR) is 102 cm³/mol. The second kappa shape index (κ2) is 7.85. The molecular weight excluding hydrogens is 370 g/mol. The Hall–Kier alpha value is -2.78. The molecule has 0 fully saturated rings. The highest BCUT2D eigenvalue weighted by Crippen LogP contribution is 2.22. The van der Waals surface area contributed by atoms with E-state index < -0.39 is 20.9 Å². The first-order valence-electron chi connectivity index (χ1n) is 8.18. The van der Waals surface area contributed by atoms with Gasteiger partial charge in [-0.25, -0.2) is 8.42 Å². The molecule has 0 saturated heterocycles. The molecule has 0 atom stereocenters. The van der Waals surface area contributed by atoms with Crippen LogP contribution >= 0.6 is 0 Å². The molecule has 2 rings (SSSR count). The van der Waals surface area contributed by atoms with Gasteiger partial charge < -0.3 is 5.32 Å². The second-order valence-corrected chi connectivity index (χ2v) is 8.35. The van der Waals surface area contributed by atoms with Crippen molar-refractivity contribution in [1.29, 1.82) is 0 Å². The summed E-state index contributed by atoms with van der Waals surface area (Å²) in [5.41, 5.74) is 0.846. The van der Waals surface area contributed by atoms with Crippen molar-refractivity contribution in [3.05, 3.63) is 63.7 Å². The minimum Gasteiger partial charge on any atom is -0.322 e. The van der Waals surface area contributed by atoms with Crippen LogP contribution in [0.4, 0.5) is 11.4 Å². The lowest BCUT2D eigenvalue weighted by Crippen LogP contribution is -2.33. The first kappa shape index (κ1) is 20.5. The van der Waals surface area contributed by atoms with Crippen LogP contribution in [0.3, 0.4) is 0 Å². The van der Waals surface area contributed by atoms with Crippen molar-refractivity contribution in [3.63, 3.8) is 0 Å². The Labute approximate surface area is 158 Å². The van der Waals surface area contributed by atoms with E-state index in [1.54, 1.807) is 20.8 Å². The molecule has 0 spiro atoms.